The molecule has 0 saturated carbocycles. The van der Waals surface area contributed by atoms with Gasteiger partial charge in [-0.2, -0.15) is 0 Å². The first-order chi connectivity index (χ1) is 31.1. The van der Waals surface area contributed by atoms with Crippen LogP contribution < -0.4 is 4.90 Å². The minimum atomic E-state index is -0.404. The molecule has 0 N–H and O–H groups in total. The van der Waals surface area contributed by atoms with Crippen molar-refractivity contribution >= 4 is 44.5 Å². The van der Waals surface area contributed by atoms with Gasteiger partial charge in [-0.25, -0.2) is 0 Å². The lowest BCUT2D eigenvalue weighted by molar-refractivity contribution is 0.587. The third kappa shape index (κ3) is 5.03. The molecule has 1 spiro atoms. The summed E-state index contributed by atoms with van der Waals surface area (Å²) >= 11 is 0. The van der Waals surface area contributed by atoms with E-state index in [0.29, 0.717) is 0 Å². The van der Waals surface area contributed by atoms with Crippen molar-refractivity contribution in [3.8, 4) is 22.3 Å². The second-order valence-electron chi connectivity index (χ2n) is 20.2. The van der Waals surface area contributed by atoms with Crippen LogP contribution in [-0.2, 0) is 16.2 Å². The van der Waals surface area contributed by atoms with Crippen LogP contribution in [0.15, 0.2) is 192 Å². The predicted octanol–water partition coefficient (Wildman–Crippen LogP) is 16.2. The first-order valence-corrected chi connectivity index (χ1v) is 23.3. The summed E-state index contributed by atoms with van der Waals surface area (Å²) in [6.45, 7) is 12.0. The average molecular weight is 826 g/mol. The molecule has 0 radical (unpaired) electrons. The number of hydrogen-bond acceptors (Lipinski definition) is 2. The number of rotatable bonds is 4. The smallest absolute Gasteiger partial charge is 0.143 e. The largest absolute Gasteiger partial charge is 0.455 e. The molecular weight excluding hydrogens is 775 g/mol. The molecular formula is C62H51NO. The molecule has 64 heavy (non-hydrogen) atoms. The Hall–Kier alpha value is -6.90. The Morgan fingerprint density at radius 1 is 0.641 bits per heavy atom. The first kappa shape index (κ1) is 37.6. The number of furan rings is 1. The highest BCUT2D eigenvalue weighted by Crippen LogP contribution is 2.66. The van der Waals surface area contributed by atoms with Crippen LogP contribution in [0.5, 0.6) is 0 Å². The zero-order valence-electron chi connectivity index (χ0n) is 37.3. The van der Waals surface area contributed by atoms with Gasteiger partial charge in [0.15, 0.2) is 0 Å². The Bertz CT molecular complexity index is 3430. The highest BCUT2D eigenvalue weighted by molar-refractivity contribution is 6.09. The lowest BCUT2D eigenvalue weighted by Crippen LogP contribution is -2.33. The van der Waals surface area contributed by atoms with Crippen LogP contribution in [0.2, 0.25) is 0 Å². The van der Waals surface area contributed by atoms with Crippen molar-refractivity contribution in [2.75, 3.05) is 4.90 Å². The SMILES string of the molecule is CC(C)(C)c1cc(N(c2ccc(-c3cccc4c3oc3ccccc34)cc2)C2C=C3C(=CC2)c2ccccc2C3(C)C)c2c(c1)C1(C3=C(CCC=C3)c3ccccc31)c1ccccc1-2. The monoisotopic (exact) mass is 825 g/mol. The zero-order valence-corrected chi connectivity index (χ0v) is 37.3. The molecule has 0 fully saturated rings. The molecule has 2 nitrogen and oxygen atoms in total. The fraction of sp³-hybridized carbons (Fsp3) is 0.194. The number of nitrogens with zero attached hydrogens (tertiary/aromatic N) is 1. The van der Waals surface area contributed by atoms with Crippen molar-refractivity contribution < 1.29 is 4.42 Å². The van der Waals surface area contributed by atoms with E-state index in [1.807, 2.05) is 0 Å². The van der Waals surface area contributed by atoms with E-state index in [1.165, 1.54) is 83.7 Å². The molecule has 310 valence electrons. The Morgan fingerprint density at radius 2 is 1.31 bits per heavy atom. The molecule has 0 bridgehead atoms. The number of hydrogen-bond donors (Lipinski definition) is 0. The van der Waals surface area contributed by atoms with Gasteiger partial charge in [0.25, 0.3) is 0 Å². The summed E-state index contributed by atoms with van der Waals surface area (Å²) in [5.74, 6) is 0. The van der Waals surface area contributed by atoms with Gasteiger partial charge in [0, 0.05) is 33.0 Å². The van der Waals surface area contributed by atoms with Gasteiger partial charge < -0.3 is 9.32 Å². The van der Waals surface area contributed by atoms with Crippen molar-refractivity contribution in [3.63, 3.8) is 0 Å². The maximum absolute atomic E-state index is 6.57. The van der Waals surface area contributed by atoms with Gasteiger partial charge in [0.2, 0.25) is 0 Å². The van der Waals surface area contributed by atoms with E-state index in [2.05, 4.69) is 215 Å². The number of anilines is 2. The lowest BCUT2D eigenvalue weighted by Gasteiger charge is -2.38. The topological polar surface area (TPSA) is 16.4 Å². The normalized spacial score (nSPS) is 19.9. The molecule has 0 amide bonds. The van der Waals surface area contributed by atoms with Crippen LogP contribution in [0.4, 0.5) is 11.4 Å². The Morgan fingerprint density at radius 3 is 2.11 bits per heavy atom. The Labute approximate surface area is 376 Å². The van der Waals surface area contributed by atoms with Crippen molar-refractivity contribution in [2.24, 2.45) is 0 Å². The minimum absolute atomic E-state index is 0.0697. The Balaban J connectivity index is 1.07. The quantitative estimate of drug-likeness (QED) is 0.176. The van der Waals surface area contributed by atoms with Crippen LogP contribution >= 0.6 is 0 Å². The Kier molecular flexibility index (Phi) is 7.83. The van der Waals surface area contributed by atoms with Gasteiger partial charge in [-0.15, -0.1) is 0 Å². The van der Waals surface area contributed by atoms with E-state index in [-0.39, 0.29) is 16.9 Å². The summed E-state index contributed by atoms with van der Waals surface area (Å²) in [5.41, 5.74) is 24.2. The van der Waals surface area contributed by atoms with Gasteiger partial charge >= 0.3 is 0 Å². The van der Waals surface area contributed by atoms with E-state index in [4.69, 9.17) is 4.42 Å². The predicted molar refractivity (Wildman–Crippen MR) is 267 cm³/mol. The molecule has 8 aromatic rings. The van der Waals surface area contributed by atoms with E-state index < -0.39 is 5.41 Å². The number of allylic oxidation sites excluding steroid dienone is 6. The van der Waals surface area contributed by atoms with E-state index in [0.717, 1.165) is 52.3 Å². The van der Waals surface area contributed by atoms with Crippen LogP contribution in [0, 0.1) is 0 Å². The third-order valence-electron chi connectivity index (χ3n) is 15.4. The van der Waals surface area contributed by atoms with Crippen molar-refractivity contribution in [1.29, 1.82) is 0 Å². The molecule has 2 heteroatoms. The summed E-state index contributed by atoms with van der Waals surface area (Å²) < 4.78 is 6.57. The molecule has 1 heterocycles. The fourth-order valence-corrected chi connectivity index (χ4v) is 12.5. The summed E-state index contributed by atoms with van der Waals surface area (Å²) in [6, 6.07) is 57.2. The maximum atomic E-state index is 6.57. The van der Waals surface area contributed by atoms with Crippen molar-refractivity contribution in [1.82, 2.24) is 0 Å². The second kappa shape index (κ2) is 13.3. The van der Waals surface area contributed by atoms with Gasteiger partial charge in [-0.05, 0) is 121 Å². The molecule has 0 saturated heterocycles. The number of benzene rings is 7. The van der Waals surface area contributed by atoms with Crippen LogP contribution in [0.3, 0.4) is 0 Å². The summed E-state index contributed by atoms with van der Waals surface area (Å²) in [7, 11) is 0. The molecule has 5 aliphatic carbocycles. The minimum Gasteiger partial charge on any atom is -0.455 e. The maximum Gasteiger partial charge on any atom is 0.143 e. The second-order valence-corrected chi connectivity index (χ2v) is 20.2. The molecule has 0 aliphatic heterocycles. The summed E-state index contributed by atoms with van der Waals surface area (Å²) in [5, 5.41) is 2.30. The van der Waals surface area contributed by atoms with Crippen molar-refractivity contribution in [2.45, 2.75) is 76.2 Å². The molecule has 5 aliphatic rings. The van der Waals surface area contributed by atoms with E-state index in [1.54, 1.807) is 0 Å². The summed E-state index contributed by atoms with van der Waals surface area (Å²) in [6.07, 6.45) is 13.1. The van der Waals surface area contributed by atoms with Gasteiger partial charge in [-0.3, -0.25) is 0 Å². The third-order valence-corrected chi connectivity index (χ3v) is 15.4. The number of fused-ring (bicyclic) bond motifs is 15. The molecule has 7 aromatic carbocycles. The highest BCUT2D eigenvalue weighted by Gasteiger charge is 2.54. The summed E-state index contributed by atoms with van der Waals surface area (Å²) in [4.78, 5) is 2.71. The first-order valence-electron chi connectivity index (χ1n) is 23.3. The fourth-order valence-electron chi connectivity index (χ4n) is 12.5. The molecule has 2 unspecified atom stereocenters. The van der Waals surface area contributed by atoms with Crippen LogP contribution in [-0.4, -0.2) is 6.04 Å². The van der Waals surface area contributed by atoms with Gasteiger partial charge in [0.1, 0.15) is 11.2 Å². The average Bonchev–Trinajstić information content (AvgIpc) is 4.01. The van der Waals surface area contributed by atoms with Crippen LogP contribution in [0.1, 0.15) is 92.8 Å². The molecule has 2 atom stereocenters. The van der Waals surface area contributed by atoms with Gasteiger partial charge in [0.05, 0.1) is 17.1 Å². The zero-order chi connectivity index (χ0) is 43.1. The lowest BCUT2D eigenvalue weighted by atomic mass is 9.68. The van der Waals surface area contributed by atoms with Crippen molar-refractivity contribution in [3.05, 3.63) is 226 Å². The molecule has 13 rings (SSSR count). The van der Waals surface area contributed by atoms with E-state index >= 15 is 0 Å². The number of para-hydroxylation sites is 2. The molecule has 1 aromatic heterocycles. The van der Waals surface area contributed by atoms with Gasteiger partial charge in [-0.1, -0.05) is 186 Å². The van der Waals surface area contributed by atoms with Crippen LogP contribution in [0.25, 0.3) is 55.3 Å². The standard InChI is InChI=1S/C62H51NO/c1-60(2,3)39-35-55-58(49-21-9-14-27-53(49)62(55)51-25-12-7-18-44(51)45-19-8-13-26-52(45)62)56(36-39)63(41-33-34-46-43-17-6-11-24-50(43)61(4,5)54(46)37-41)40-31-29-38(30-32-40)42-22-16-23-48-47-20-10-15-28-57(47)64-59(42)48/h6-7,9-18,20-32,34-37,41H,8,19,33H2,1-5H3. The van der Waals surface area contributed by atoms with E-state index in [9.17, 15) is 0 Å². The highest BCUT2D eigenvalue weighted by atomic mass is 16.3.